The van der Waals surface area contributed by atoms with E-state index in [0.29, 0.717) is 5.39 Å². The van der Waals surface area contributed by atoms with Gasteiger partial charge in [-0.15, -0.1) is 0 Å². The maximum absolute atomic E-state index is 12.0. The highest BCUT2D eigenvalue weighted by molar-refractivity contribution is 7.89. The first kappa shape index (κ1) is 15.2. The molecule has 0 saturated heterocycles. The molecule has 0 amide bonds. The first-order chi connectivity index (χ1) is 9.79. The molecule has 0 aliphatic carbocycles. The molecule has 0 spiro atoms. The molecule has 2 rings (SSSR count). The Hall–Kier alpha value is -2.23. The van der Waals surface area contributed by atoms with Crippen LogP contribution >= 0.6 is 0 Å². The number of hydrogen-bond donors (Lipinski definition) is 3. The fourth-order valence-electron chi connectivity index (χ4n) is 1.58. The van der Waals surface area contributed by atoms with Gasteiger partial charge in [-0.05, 0) is 24.3 Å². The fourth-order valence-corrected chi connectivity index (χ4v) is 2.65. The van der Waals surface area contributed by atoms with Crippen LogP contribution in [0.15, 0.2) is 44.4 Å². The topological polar surface area (TPSA) is 134 Å². The van der Waals surface area contributed by atoms with Gasteiger partial charge in [-0.2, -0.15) is 0 Å². The van der Waals surface area contributed by atoms with E-state index < -0.39 is 34.3 Å². The zero-order valence-electron chi connectivity index (χ0n) is 10.5. The van der Waals surface area contributed by atoms with Crippen LogP contribution in [0.2, 0.25) is 0 Å². The zero-order valence-corrected chi connectivity index (χ0v) is 11.3. The molecular weight excluding hydrogens is 302 g/mol. The smallest absolute Gasteiger partial charge is 0.336 e. The van der Waals surface area contributed by atoms with Crippen molar-refractivity contribution >= 4 is 27.0 Å². The van der Waals surface area contributed by atoms with Crippen molar-refractivity contribution in [3.63, 3.8) is 0 Å². The molecule has 2 aromatic rings. The molecule has 8 nitrogen and oxygen atoms in total. The largest absolute Gasteiger partial charge is 0.479 e. The number of carboxylic acids is 1. The highest BCUT2D eigenvalue weighted by Crippen LogP contribution is 2.17. The molecule has 112 valence electrons. The molecule has 0 radical (unpaired) electrons. The normalized spacial score (nSPS) is 13.2. The maximum Gasteiger partial charge on any atom is 0.336 e. The van der Waals surface area contributed by atoms with Crippen molar-refractivity contribution < 1.29 is 27.8 Å². The van der Waals surface area contributed by atoms with E-state index in [2.05, 4.69) is 0 Å². The Morgan fingerprint density at radius 3 is 2.67 bits per heavy atom. The second-order valence-electron chi connectivity index (χ2n) is 4.16. The van der Waals surface area contributed by atoms with Gasteiger partial charge in [-0.1, -0.05) is 0 Å². The van der Waals surface area contributed by atoms with Gasteiger partial charge in [0.2, 0.25) is 10.0 Å². The van der Waals surface area contributed by atoms with Crippen molar-refractivity contribution in [1.82, 2.24) is 4.72 Å². The van der Waals surface area contributed by atoms with E-state index >= 15 is 0 Å². The van der Waals surface area contributed by atoms with Crippen molar-refractivity contribution in [1.29, 1.82) is 0 Å². The van der Waals surface area contributed by atoms with Gasteiger partial charge >= 0.3 is 11.6 Å². The Morgan fingerprint density at radius 2 is 2.00 bits per heavy atom. The molecule has 0 aliphatic heterocycles. The first-order valence-corrected chi connectivity index (χ1v) is 7.22. The monoisotopic (exact) mass is 313 g/mol. The van der Waals surface area contributed by atoms with E-state index in [1.54, 1.807) is 0 Å². The predicted octanol–water partition coefficient (Wildman–Crippen LogP) is -0.483. The van der Waals surface area contributed by atoms with Crippen LogP contribution in [0.25, 0.3) is 11.0 Å². The second-order valence-corrected chi connectivity index (χ2v) is 5.93. The SMILES string of the molecule is O=C(O)[C@@H](O)CNS(=O)(=O)c1ccc2oc(=O)ccc2c1. The number of aliphatic carboxylic acids is 1. The van der Waals surface area contributed by atoms with Crippen LogP contribution in [0.5, 0.6) is 0 Å². The average molecular weight is 313 g/mol. The van der Waals surface area contributed by atoms with Gasteiger partial charge in [0.15, 0.2) is 6.10 Å². The predicted molar refractivity (Wildman–Crippen MR) is 71.3 cm³/mol. The molecular formula is C12H11NO7S. The molecule has 1 aromatic carbocycles. The lowest BCUT2D eigenvalue weighted by atomic mass is 10.2. The number of hydrogen-bond acceptors (Lipinski definition) is 6. The third-order valence-electron chi connectivity index (χ3n) is 2.65. The van der Waals surface area contributed by atoms with Crippen LogP contribution in [0.4, 0.5) is 0 Å². The van der Waals surface area contributed by atoms with Crippen LogP contribution in [-0.2, 0) is 14.8 Å². The summed E-state index contributed by atoms with van der Waals surface area (Å²) >= 11 is 0. The van der Waals surface area contributed by atoms with E-state index in [4.69, 9.17) is 14.6 Å². The minimum atomic E-state index is -3.98. The van der Waals surface area contributed by atoms with Gasteiger partial charge in [-0.25, -0.2) is 22.7 Å². The molecule has 9 heteroatoms. The van der Waals surface area contributed by atoms with E-state index in [9.17, 15) is 18.0 Å². The Labute approximate surface area is 118 Å². The summed E-state index contributed by atoms with van der Waals surface area (Å²) in [6.45, 7) is -0.653. The molecule has 0 fully saturated rings. The lowest BCUT2D eigenvalue weighted by Crippen LogP contribution is -2.36. The summed E-state index contributed by atoms with van der Waals surface area (Å²) in [5.41, 5.74) is -0.326. The van der Waals surface area contributed by atoms with Crippen LogP contribution in [0.3, 0.4) is 0 Å². The summed E-state index contributed by atoms with van der Waals surface area (Å²) in [5, 5.41) is 18.0. The molecule has 3 N–H and O–H groups in total. The molecule has 0 unspecified atom stereocenters. The fraction of sp³-hybridized carbons (Fsp3) is 0.167. The van der Waals surface area contributed by atoms with Crippen molar-refractivity contribution in [2.75, 3.05) is 6.54 Å². The Kier molecular flexibility index (Phi) is 4.07. The number of carbonyl (C=O) groups is 1. The summed E-state index contributed by atoms with van der Waals surface area (Å²) in [5.74, 6) is -1.53. The summed E-state index contributed by atoms with van der Waals surface area (Å²) in [7, 11) is -3.98. The number of sulfonamides is 1. The van der Waals surface area contributed by atoms with Crippen LogP contribution < -0.4 is 10.3 Å². The highest BCUT2D eigenvalue weighted by atomic mass is 32.2. The van der Waals surface area contributed by atoms with Gasteiger partial charge < -0.3 is 14.6 Å². The number of rotatable bonds is 5. The van der Waals surface area contributed by atoms with E-state index in [0.717, 1.165) is 6.07 Å². The van der Waals surface area contributed by atoms with Gasteiger partial charge in [0.25, 0.3) is 0 Å². The molecule has 21 heavy (non-hydrogen) atoms. The van der Waals surface area contributed by atoms with Crippen LogP contribution in [0, 0.1) is 0 Å². The number of aliphatic hydroxyl groups is 1. The Balaban J connectivity index is 2.30. The Bertz CT molecular complexity index is 840. The number of benzene rings is 1. The minimum absolute atomic E-state index is 0.138. The molecule has 1 atom stereocenters. The van der Waals surface area contributed by atoms with Gasteiger partial charge in [-0.3, -0.25) is 0 Å². The van der Waals surface area contributed by atoms with Crippen molar-refractivity contribution in [2.45, 2.75) is 11.0 Å². The van der Waals surface area contributed by atoms with Crippen molar-refractivity contribution in [3.05, 3.63) is 40.8 Å². The summed E-state index contributed by atoms with van der Waals surface area (Å²) in [4.78, 5) is 21.3. The first-order valence-electron chi connectivity index (χ1n) is 5.74. The summed E-state index contributed by atoms with van der Waals surface area (Å²) in [6, 6.07) is 6.36. The summed E-state index contributed by atoms with van der Waals surface area (Å²) < 4.78 is 30.8. The Morgan fingerprint density at radius 1 is 1.29 bits per heavy atom. The lowest BCUT2D eigenvalue weighted by Gasteiger charge is -2.09. The molecule has 0 bridgehead atoms. The number of carboxylic acid groups (broad SMARTS) is 1. The van der Waals surface area contributed by atoms with E-state index in [-0.39, 0.29) is 10.5 Å². The van der Waals surface area contributed by atoms with Crippen molar-refractivity contribution in [2.24, 2.45) is 0 Å². The number of nitrogens with one attached hydrogen (secondary N) is 1. The number of fused-ring (bicyclic) bond motifs is 1. The van der Waals surface area contributed by atoms with Gasteiger partial charge in [0.05, 0.1) is 4.90 Å². The average Bonchev–Trinajstić information content (AvgIpc) is 2.44. The van der Waals surface area contributed by atoms with Gasteiger partial charge in [0.1, 0.15) is 5.58 Å². The minimum Gasteiger partial charge on any atom is -0.479 e. The standard InChI is InChI=1S/C12H11NO7S/c14-9(12(16)17)6-13-21(18,19)8-2-3-10-7(5-8)1-4-11(15)20-10/h1-5,9,13-14H,6H2,(H,16,17)/t9-/m0/s1. The van der Waals surface area contributed by atoms with Gasteiger partial charge in [0, 0.05) is 18.0 Å². The highest BCUT2D eigenvalue weighted by Gasteiger charge is 2.19. The van der Waals surface area contributed by atoms with Crippen molar-refractivity contribution in [3.8, 4) is 0 Å². The molecule has 0 saturated carbocycles. The third kappa shape index (κ3) is 3.45. The number of aliphatic hydroxyl groups excluding tert-OH is 1. The van der Waals surface area contributed by atoms with Crippen LogP contribution in [0.1, 0.15) is 0 Å². The van der Waals surface area contributed by atoms with E-state index in [1.165, 1.54) is 24.3 Å². The lowest BCUT2D eigenvalue weighted by molar-refractivity contribution is -0.146. The molecule has 1 heterocycles. The third-order valence-corrected chi connectivity index (χ3v) is 4.07. The van der Waals surface area contributed by atoms with Crippen LogP contribution in [-0.4, -0.2) is 37.2 Å². The molecule has 0 aliphatic rings. The summed E-state index contributed by atoms with van der Waals surface area (Å²) in [6.07, 6.45) is -1.83. The maximum atomic E-state index is 12.0. The second kappa shape index (κ2) is 5.64. The quantitative estimate of drug-likeness (QED) is 0.634. The van der Waals surface area contributed by atoms with E-state index in [1.807, 2.05) is 4.72 Å². The molecule has 1 aromatic heterocycles. The zero-order chi connectivity index (χ0) is 15.6.